The topological polar surface area (TPSA) is 68.0 Å². The van der Waals surface area contributed by atoms with E-state index in [2.05, 4.69) is 15.6 Å². The Morgan fingerprint density at radius 2 is 2.39 bits per heavy atom. The van der Waals surface area contributed by atoms with Crippen LogP contribution in [0, 0.1) is 0 Å². The number of nitrogens with one attached hydrogen (secondary N) is 2. The van der Waals surface area contributed by atoms with Crippen LogP contribution < -0.4 is 10.6 Å². The number of hydrogen-bond donors (Lipinski definition) is 2. The number of halogens is 1. The molecule has 3 unspecified atom stereocenters. The zero-order valence-electron chi connectivity index (χ0n) is 13.7. The van der Waals surface area contributed by atoms with E-state index < -0.39 is 0 Å². The maximum atomic E-state index is 6.06. The van der Waals surface area contributed by atoms with Crippen molar-refractivity contribution in [3.63, 3.8) is 0 Å². The molecule has 1 aromatic heterocycles. The Balaban J connectivity index is 0.00000192. The standard InChI is InChI=1S/C16H25N3O3.HI/c1-3-20-14-10-13(16(14)7-5-9-22-16)19-15(17-2)18-11-12-6-4-8-21-12;/h4,6,8,13-14H,3,5,7,9-11H2,1-2H3,(H2,17,18,19);1H. The van der Waals surface area contributed by atoms with Gasteiger partial charge in [0, 0.05) is 20.3 Å². The second-order valence-electron chi connectivity index (χ2n) is 5.79. The first-order valence-electron chi connectivity index (χ1n) is 8.03. The van der Waals surface area contributed by atoms with Gasteiger partial charge >= 0.3 is 0 Å². The van der Waals surface area contributed by atoms with Crippen molar-refractivity contribution in [2.75, 3.05) is 20.3 Å². The maximum absolute atomic E-state index is 6.06. The number of guanidine groups is 1. The Morgan fingerprint density at radius 1 is 1.52 bits per heavy atom. The molecule has 2 N–H and O–H groups in total. The lowest BCUT2D eigenvalue weighted by molar-refractivity contribution is -0.194. The summed E-state index contributed by atoms with van der Waals surface area (Å²) >= 11 is 0. The van der Waals surface area contributed by atoms with Crippen molar-refractivity contribution in [1.82, 2.24) is 10.6 Å². The van der Waals surface area contributed by atoms with Gasteiger partial charge in [-0.05, 0) is 38.3 Å². The highest BCUT2D eigenvalue weighted by molar-refractivity contribution is 14.0. The molecular formula is C16H26IN3O3. The average molecular weight is 435 g/mol. The molecule has 1 spiro atoms. The Kier molecular flexibility index (Phi) is 6.72. The minimum absolute atomic E-state index is 0. The van der Waals surface area contributed by atoms with Crippen LogP contribution in [-0.2, 0) is 16.0 Å². The molecule has 0 aromatic carbocycles. The summed E-state index contributed by atoms with van der Waals surface area (Å²) in [5, 5.41) is 6.75. The lowest BCUT2D eigenvalue weighted by atomic mass is 9.70. The van der Waals surface area contributed by atoms with E-state index in [1.165, 1.54) is 0 Å². The number of nitrogens with zero attached hydrogens (tertiary/aromatic N) is 1. The minimum Gasteiger partial charge on any atom is -0.467 e. The molecule has 0 bridgehead atoms. The van der Waals surface area contributed by atoms with Gasteiger partial charge in [0.05, 0.1) is 25.0 Å². The van der Waals surface area contributed by atoms with Crippen molar-refractivity contribution < 1.29 is 13.9 Å². The van der Waals surface area contributed by atoms with Crippen LogP contribution in [0.1, 0.15) is 31.9 Å². The van der Waals surface area contributed by atoms with Crippen molar-refractivity contribution in [2.45, 2.75) is 50.5 Å². The van der Waals surface area contributed by atoms with Crippen LogP contribution in [0.3, 0.4) is 0 Å². The van der Waals surface area contributed by atoms with Crippen LogP contribution in [-0.4, -0.2) is 44.0 Å². The molecule has 1 aliphatic heterocycles. The van der Waals surface area contributed by atoms with Crippen molar-refractivity contribution in [1.29, 1.82) is 0 Å². The van der Waals surface area contributed by atoms with Crippen LogP contribution >= 0.6 is 24.0 Å². The number of furan rings is 1. The summed E-state index contributed by atoms with van der Waals surface area (Å²) in [5.74, 6) is 1.65. The van der Waals surface area contributed by atoms with Gasteiger partial charge in [-0.1, -0.05) is 0 Å². The number of ether oxygens (including phenoxy) is 2. The number of hydrogen-bond acceptors (Lipinski definition) is 4. The predicted octanol–water partition coefficient (Wildman–Crippen LogP) is 2.29. The first kappa shape index (κ1) is 18.5. The molecule has 23 heavy (non-hydrogen) atoms. The van der Waals surface area contributed by atoms with Gasteiger partial charge in [-0.25, -0.2) is 0 Å². The smallest absolute Gasteiger partial charge is 0.191 e. The highest BCUT2D eigenvalue weighted by atomic mass is 127. The molecule has 130 valence electrons. The Bertz CT molecular complexity index is 501. The lowest BCUT2D eigenvalue weighted by Crippen LogP contribution is -2.70. The van der Waals surface area contributed by atoms with Crippen molar-refractivity contribution in [3.8, 4) is 0 Å². The van der Waals surface area contributed by atoms with Gasteiger partial charge in [-0.3, -0.25) is 4.99 Å². The van der Waals surface area contributed by atoms with E-state index in [9.17, 15) is 0 Å². The second-order valence-corrected chi connectivity index (χ2v) is 5.79. The van der Waals surface area contributed by atoms with Crippen LogP contribution in [0.2, 0.25) is 0 Å². The fraction of sp³-hybridized carbons (Fsp3) is 0.688. The summed E-state index contributed by atoms with van der Waals surface area (Å²) in [4.78, 5) is 4.29. The summed E-state index contributed by atoms with van der Waals surface area (Å²) in [6.45, 7) is 4.20. The van der Waals surface area contributed by atoms with Gasteiger partial charge in [0.2, 0.25) is 0 Å². The van der Waals surface area contributed by atoms with E-state index in [4.69, 9.17) is 13.9 Å². The van der Waals surface area contributed by atoms with Gasteiger partial charge in [0.1, 0.15) is 11.4 Å². The first-order chi connectivity index (χ1) is 10.8. The molecule has 1 aromatic rings. The normalized spacial score (nSPS) is 29.9. The van der Waals surface area contributed by atoms with E-state index in [1.807, 2.05) is 19.1 Å². The number of rotatable bonds is 5. The van der Waals surface area contributed by atoms with E-state index >= 15 is 0 Å². The van der Waals surface area contributed by atoms with Gasteiger partial charge < -0.3 is 24.5 Å². The molecule has 0 radical (unpaired) electrons. The third-order valence-electron chi connectivity index (χ3n) is 4.58. The molecule has 2 fully saturated rings. The zero-order chi connectivity index (χ0) is 15.4. The minimum atomic E-state index is -0.182. The van der Waals surface area contributed by atoms with Crippen molar-refractivity contribution in [3.05, 3.63) is 24.2 Å². The SMILES string of the molecule is CCOC1CC(NC(=NC)NCc2ccco2)C12CCCO2.I. The molecule has 1 saturated heterocycles. The Morgan fingerprint density at radius 3 is 3.00 bits per heavy atom. The quantitative estimate of drug-likeness (QED) is 0.422. The van der Waals surface area contributed by atoms with Crippen LogP contribution in [0.4, 0.5) is 0 Å². The summed E-state index contributed by atoms with van der Waals surface area (Å²) in [6.07, 6.45) is 4.97. The van der Waals surface area contributed by atoms with Gasteiger partial charge in [0.25, 0.3) is 0 Å². The molecule has 3 rings (SSSR count). The van der Waals surface area contributed by atoms with Crippen LogP contribution in [0.15, 0.2) is 27.8 Å². The van der Waals surface area contributed by atoms with Crippen molar-refractivity contribution in [2.24, 2.45) is 4.99 Å². The third-order valence-corrected chi connectivity index (χ3v) is 4.58. The molecule has 7 heteroatoms. The largest absolute Gasteiger partial charge is 0.467 e. The fourth-order valence-electron chi connectivity index (χ4n) is 3.42. The monoisotopic (exact) mass is 435 g/mol. The first-order valence-corrected chi connectivity index (χ1v) is 8.03. The third kappa shape index (κ3) is 3.83. The average Bonchev–Trinajstić information content (AvgIpc) is 3.21. The maximum Gasteiger partial charge on any atom is 0.191 e. The summed E-state index contributed by atoms with van der Waals surface area (Å²) < 4.78 is 17.2. The molecule has 2 heterocycles. The van der Waals surface area contributed by atoms with Gasteiger partial charge in [-0.2, -0.15) is 0 Å². The molecule has 1 saturated carbocycles. The molecular weight excluding hydrogens is 409 g/mol. The van der Waals surface area contributed by atoms with E-state index in [-0.39, 0.29) is 41.7 Å². The zero-order valence-corrected chi connectivity index (χ0v) is 16.0. The molecule has 0 amide bonds. The molecule has 2 aliphatic rings. The Labute approximate surface area is 154 Å². The molecule has 1 aliphatic carbocycles. The molecule has 3 atom stereocenters. The van der Waals surface area contributed by atoms with Gasteiger partial charge in [-0.15, -0.1) is 24.0 Å². The van der Waals surface area contributed by atoms with E-state index in [0.29, 0.717) is 6.54 Å². The highest BCUT2D eigenvalue weighted by Gasteiger charge is 2.59. The van der Waals surface area contributed by atoms with Crippen LogP contribution in [0.5, 0.6) is 0 Å². The lowest BCUT2D eigenvalue weighted by Gasteiger charge is -2.52. The predicted molar refractivity (Wildman–Crippen MR) is 99.2 cm³/mol. The highest BCUT2D eigenvalue weighted by Crippen LogP contribution is 2.45. The fourth-order valence-corrected chi connectivity index (χ4v) is 3.42. The molecule has 6 nitrogen and oxygen atoms in total. The number of aliphatic imine (C=N–C) groups is 1. The van der Waals surface area contributed by atoms with E-state index in [0.717, 1.165) is 44.2 Å². The Hall–Kier alpha value is -0.800. The summed E-state index contributed by atoms with van der Waals surface area (Å²) in [6, 6.07) is 4.07. The second kappa shape index (κ2) is 8.34. The summed E-state index contributed by atoms with van der Waals surface area (Å²) in [7, 11) is 1.78. The summed E-state index contributed by atoms with van der Waals surface area (Å²) in [5.41, 5.74) is -0.182. The van der Waals surface area contributed by atoms with Crippen LogP contribution in [0.25, 0.3) is 0 Å². The van der Waals surface area contributed by atoms with Gasteiger partial charge in [0.15, 0.2) is 5.96 Å². The van der Waals surface area contributed by atoms with Crippen molar-refractivity contribution >= 4 is 29.9 Å². The van der Waals surface area contributed by atoms with E-state index in [1.54, 1.807) is 13.3 Å².